The second kappa shape index (κ2) is 5.81. The van der Waals surface area contributed by atoms with Gasteiger partial charge in [0, 0.05) is 24.7 Å². The minimum absolute atomic E-state index is 0.0245. The van der Waals surface area contributed by atoms with Crippen LogP contribution in [-0.2, 0) is 14.6 Å². The second-order valence-electron chi connectivity index (χ2n) is 5.67. The van der Waals surface area contributed by atoms with E-state index in [4.69, 9.17) is 0 Å². The lowest BCUT2D eigenvalue weighted by Crippen LogP contribution is -2.48. The molecule has 0 bridgehead atoms. The van der Waals surface area contributed by atoms with Gasteiger partial charge in [-0.15, -0.1) is 11.3 Å². The van der Waals surface area contributed by atoms with E-state index in [1.165, 1.54) is 13.1 Å². The fourth-order valence-corrected chi connectivity index (χ4v) is 5.16. The van der Waals surface area contributed by atoms with Crippen molar-refractivity contribution >= 4 is 27.1 Å². The highest BCUT2D eigenvalue weighted by molar-refractivity contribution is 7.94. The number of sulfone groups is 1. The number of likely N-dealkylation sites (tertiary alicyclic amines) is 1. The lowest BCUT2D eigenvalue weighted by molar-refractivity contribution is -0.133. The number of aromatic nitrogens is 1. The van der Waals surface area contributed by atoms with Crippen LogP contribution in [0, 0.1) is 11.8 Å². The molecule has 20 heavy (non-hydrogen) atoms. The molecule has 1 aromatic heterocycles. The lowest BCUT2D eigenvalue weighted by Gasteiger charge is -2.36. The second-order valence-corrected chi connectivity index (χ2v) is 9.01. The predicted molar refractivity (Wildman–Crippen MR) is 78.3 cm³/mol. The van der Waals surface area contributed by atoms with Crippen molar-refractivity contribution in [2.24, 2.45) is 11.8 Å². The van der Waals surface area contributed by atoms with E-state index in [2.05, 4.69) is 18.8 Å². The first-order chi connectivity index (χ1) is 9.32. The van der Waals surface area contributed by atoms with Crippen LogP contribution in [0.3, 0.4) is 0 Å². The minimum atomic E-state index is -3.66. The summed E-state index contributed by atoms with van der Waals surface area (Å²) in [6.07, 6.45) is 2.52. The van der Waals surface area contributed by atoms with E-state index in [-0.39, 0.29) is 10.2 Å². The summed E-state index contributed by atoms with van der Waals surface area (Å²) in [6, 6.07) is 0. The number of rotatable bonds is 3. The molecular weight excluding hydrogens is 296 g/mol. The Balaban J connectivity index is 2.17. The molecule has 7 heteroatoms. The highest BCUT2D eigenvalue weighted by Crippen LogP contribution is 2.24. The molecule has 0 radical (unpaired) electrons. The molecule has 112 valence electrons. The van der Waals surface area contributed by atoms with Crippen molar-refractivity contribution in [1.29, 1.82) is 0 Å². The molecule has 0 N–H and O–H groups in total. The van der Waals surface area contributed by atoms with E-state index in [9.17, 15) is 13.2 Å². The smallest absolute Gasteiger partial charge is 0.241 e. The third-order valence-electron chi connectivity index (χ3n) is 3.65. The zero-order valence-electron chi connectivity index (χ0n) is 11.9. The number of carbonyl (C=O) groups is 1. The number of piperidine rings is 1. The molecule has 3 atom stereocenters. The highest BCUT2D eigenvalue weighted by atomic mass is 32.2. The van der Waals surface area contributed by atoms with Crippen LogP contribution in [0.5, 0.6) is 0 Å². The molecule has 2 heterocycles. The number of amides is 1. The summed E-state index contributed by atoms with van der Waals surface area (Å²) < 4.78 is 24.7. The number of carbonyl (C=O) groups excluding carboxylic acids is 1. The van der Waals surface area contributed by atoms with Crippen molar-refractivity contribution < 1.29 is 13.2 Å². The molecule has 1 aliphatic rings. The molecule has 5 nitrogen and oxygen atoms in total. The summed E-state index contributed by atoms with van der Waals surface area (Å²) in [5, 5.41) is 0.543. The zero-order valence-corrected chi connectivity index (χ0v) is 13.6. The first kappa shape index (κ1) is 15.4. The van der Waals surface area contributed by atoms with Gasteiger partial charge in [0.05, 0.1) is 0 Å². The molecule has 1 fully saturated rings. The maximum absolute atomic E-state index is 12.5. The van der Waals surface area contributed by atoms with E-state index in [0.29, 0.717) is 24.9 Å². The average Bonchev–Trinajstić information content (AvgIpc) is 2.90. The summed E-state index contributed by atoms with van der Waals surface area (Å²) in [4.78, 5) is 18.0. The van der Waals surface area contributed by atoms with Gasteiger partial charge in [0.2, 0.25) is 20.1 Å². The Morgan fingerprint density at radius 3 is 2.50 bits per heavy atom. The SMILES string of the molecule is C[C@@H]1C[C@@H](C)CN(C(=O)[C@H](C)S(=O)(=O)c2nccs2)C1. The van der Waals surface area contributed by atoms with E-state index in [0.717, 1.165) is 17.8 Å². The first-order valence-electron chi connectivity index (χ1n) is 6.74. The fourth-order valence-electron chi connectivity index (χ4n) is 2.73. The van der Waals surface area contributed by atoms with Crippen LogP contribution in [0.1, 0.15) is 27.2 Å². The van der Waals surface area contributed by atoms with Crippen LogP contribution < -0.4 is 0 Å². The molecule has 0 unspecified atom stereocenters. The minimum Gasteiger partial charge on any atom is -0.341 e. The summed E-state index contributed by atoms with van der Waals surface area (Å²) in [6.45, 7) is 6.93. The van der Waals surface area contributed by atoms with Gasteiger partial charge in [-0.05, 0) is 25.2 Å². The van der Waals surface area contributed by atoms with Crippen molar-refractivity contribution in [2.45, 2.75) is 36.8 Å². The number of hydrogen-bond acceptors (Lipinski definition) is 5. The maximum Gasteiger partial charge on any atom is 0.241 e. The third-order valence-corrected chi connectivity index (χ3v) is 6.92. The highest BCUT2D eigenvalue weighted by Gasteiger charge is 2.36. The normalized spacial score (nSPS) is 25.4. The Morgan fingerprint density at radius 1 is 1.40 bits per heavy atom. The first-order valence-corrected chi connectivity index (χ1v) is 9.17. The van der Waals surface area contributed by atoms with E-state index in [1.807, 2.05) is 0 Å². The van der Waals surface area contributed by atoms with Crippen LogP contribution in [0.25, 0.3) is 0 Å². The van der Waals surface area contributed by atoms with Gasteiger partial charge in [0.1, 0.15) is 5.25 Å². The Kier molecular flexibility index (Phi) is 4.49. The van der Waals surface area contributed by atoms with Gasteiger partial charge in [0.25, 0.3) is 0 Å². The van der Waals surface area contributed by atoms with Crippen molar-refractivity contribution in [3.63, 3.8) is 0 Å². The predicted octanol–water partition coefficient (Wildman–Crippen LogP) is 1.81. The summed E-state index contributed by atoms with van der Waals surface area (Å²) in [5.41, 5.74) is 0. The Labute approximate surface area is 123 Å². The fraction of sp³-hybridized carbons (Fsp3) is 0.692. The van der Waals surface area contributed by atoms with Crippen molar-refractivity contribution in [1.82, 2.24) is 9.88 Å². The van der Waals surface area contributed by atoms with E-state index in [1.54, 1.807) is 10.3 Å². The third kappa shape index (κ3) is 3.03. The van der Waals surface area contributed by atoms with Crippen molar-refractivity contribution in [3.05, 3.63) is 11.6 Å². The molecular formula is C13H20N2O3S2. The van der Waals surface area contributed by atoms with Gasteiger partial charge in [-0.2, -0.15) is 0 Å². The summed E-state index contributed by atoms with van der Waals surface area (Å²) in [5.74, 6) is 0.522. The molecule has 1 aromatic rings. The molecule has 2 rings (SSSR count). The molecule has 0 saturated carbocycles. The molecule has 0 spiro atoms. The number of thiazole rings is 1. The maximum atomic E-state index is 12.5. The van der Waals surface area contributed by atoms with Gasteiger partial charge in [-0.3, -0.25) is 4.79 Å². The quantitative estimate of drug-likeness (QED) is 0.853. The van der Waals surface area contributed by atoms with Crippen LogP contribution in [0.4, 0.5) is 0 Å². The largest absolute Gasteiger partial charge is 0.341 e. The monoisotopic (exact) mass is 316 g/mol. The van der Waals surface area contributed by atoms with Crippen molar-refractivity contribution in [3.8, 4) is 0 Å². The summed E-state index contributed by atoms with van der Waals surface area (Å²) >= 11 is 1.05. The Hall–Kier alpha value is -0.950. The molecule has 0 aromatic carbocycles. The van der Waals surface area contributed by atoms with Crippen LogP contribution in [0.15, 0.2) is 15.9 Å². The Morgan fingerprint density at radius 2 is 2.00 bits per heavy atom. The van der Waals surface area contributed by atoms with Crippen LogP contribution >= 0.6 is 11.3 Å². The molecule has 1 saturated heterocycles. The van der Waals surface area contributed by atoms with Crippen LogP contribution in [0.2, 0.25) is 0 Å². The molecule has 1 aliphatic heterocycles. The Bertz CT molecular complexity index is 558. The standard InChI is InChI=1S/C13H20N2O3S2/c1-9-6-10(2)8-15(7-9)12(16)11(3)20(17,18)13-14-4-5-19-13/h4-5,9-11H,6-8H2,1-3H3/t9-,10-,11+/m1/s1. The van der Waals surface area contributed by atoms with E-state index >= 15 is 0 Å². The van der Waals surface area contributed by atoms with Gasteiger partial charge >= 0.3 is 0 Å². The van der Waals surface area contributed by atoms with Crippen LogP contribution in [-0.4, -0.2) is 42.5 Å². The van der Waals surface area contributed by atoms with Crippen molar-refractivity contribution in [2.75, 3.05) is 13.1 Å². The summed E-state index contributed by atoms with van der Waals surface area (Å²) in [7, 11) is -3.66. The molecule has 1 amide bonds. The lowest BCUT2D eigenvalue weighted by atomic mass is 9.92. The van der Waals surface area contributed by atoms with Gasteiger partial charge in [-0.1, -0.05) is 13.8 Å². The average molecular weight is 316 g/mol. The van der Waals surface area contributed by atoms with Gasteiger partial charge < -0.3 is 4.90 Å². The van der Waals surface area contributed by atoms with Gasteiger partial charge in [-0.25, -0.2) is 13.4 Å². The number of nitrogens with zero attached hydrogens (tertiary/aromatic N) is 2. The molecule has 0 aliphatic carbocycles. The zero-order chi connectivity index (χ0) is 14.9. The van der Waals surface area contributed by atoms with E-state index < -0.39 is 15.1 Å². The number of hydrogen-bond donors (Lipinski definition) is 0. The van der Waals surface area contributed by atoms with Gasteiger partial charge in [0.15, 0.2) is 0 Å². The topological polar surface area (TPSA) is 67.3 Å².